The van der Waals surface area contributed by atoms with Gasteiger partial charge in [0.05, 0.1) is 6.10 Å². The van der Waals surface area contributed by atoms with E-state index in [1.807, 2.05) is 26.0 Å². The highest BCUT2D eigenvalue weighted by molar-refractivity contribution is 6.39. The van der Waals surface area contributed by atoms with E-state index >= 15 is 0 Å². The fourth-order valence-corrected chi connectivity index (χ4v) is 1.66. The van der Waals surface area contributed by atoms with Gasteiger partial charge in [-0.1, -0.05) is 6.07 Å². The van der Waals surface area contributed by atoms with Gasteiger partial charge in [-0.25, -0.2) is 0 Å². The van der Waals surface area contributed by atoms with Crippen LogP contribution in [0.15, 0.2) is 18.2 Å². The van der Waals surface area contributed by atoms with Crippen molar-refractivity contribution in [3.05, 3.63) is 29.3 Å². The van der Waals surface area contributed by atoms with E-state index in [-0.39, 0.29) is 0 Å². The molecule has 1 aromatic rings. The molecule has 0 heterocycles. The van der Waals surface area contributed by atoms with Crippen molar-refractivity contribution in [1.29, 1.82) is 0 Å². The number of nitrogens with one attached hydrogen (secondary N) is 1. The molecule has 1 atom stereocenters. The number of aryl methyl sites for hydroxylation is 2. The molecule has 20 heavy (non-hydrogen) atoms. The lowest BCUT2D eigenvalue weighted by Gasteiger charge is -2.17. The molecular weight excluding hydrogens is 256 g/mol. The minimum Gasteiger partial charge on any atom is -0.393 e. The summed E-state index contributed by atoms with van der Waals surface area (Å²) in [5.74, 6) is -1.27. The van der Waals surface area contributed by atoms with Crippen molar-refractivity contribution in [2.45, 2.75) is 33.3 Å². The van der Waals surface area contributed by atoms with Gasteiger partial charge in [-0.15, -0.1) is 0 Å². The number of anilines is 1. The topological polar surface area (TPSA) is 69.6 Å². The number of carbonyl (C=O) groups is 2. The Labute approximate surface area is 119 Å². The van der Waals surface area contributed by atoms with Crippen LogP contribution in [0.2, 0.25) is 0 Å². The van der Waals surface area contributed by atoms with E-state index in [2.05, 4.69) is 5.32 Å². The first-order valence-electron chi connectivity index (χ1n) is 6.63. The summed E-state index contributed by atoms with van der Waals surface area (Å²) in [6, 6.07) is 5.49. The predicted molar refractivity (Wildman–Crippen MR) is 78.5 cm³/mol. The van der Waals surface area contributed by atoms with E-state index in [0.717, 1.165) is 11.1 Å². The van der Waals surface area contributed by atoms with Gasteiger partial charge < -0.3 is 15.3 Å². The summed E-state index contributed by atoms with van der Waals surface area (Å²) < 4.78 is 0. The molecule has 0 aliphatic heterocycles. The number of likely N-dealkylation sites (N-methyl/N-ethyl adjacent to an activating group) is 1. The second-order valence-corrected chi connectivity index (χ2v) is 5.12. The van der Waals surface area contributed by atoms with Crippen LogP contribution in [0.1, 0.15) is 24.5 Å². The number of benzene rings is 1. The molecule has 0 aliphatic carbocycles. The zero-order chi connectivity index (χ0) is 15.3. The van der Waals surface area contributed by atoms with Gasteiger partial charge in [0.15, 0.2) is 0 Å². The number of rotatable bonds is 4. The molecule has 0 radical (unpaired) electrons. The van der Waals surface area contributed by atoms with Gasteiger partial charge in [-0.2, -0.15) is 0 Å². The lowest BCUT2D eigenvalue weighted by atomic mass is 10.1. The number of hydrogen-bond acceptors (Lipinski definition) is 3. The molecule has 0 aromatic heterocycles. The number of aliphatic hydroxyl groups is 1. The molecule has 0 bridgehead atoms. The second-order valence-electron chi connectivity index (χ2n) is 5.12. The van der Waals surface area contributed by atoms with Crippen molar-refractivity contribution in [2.24, 2.45) is 0 Å². The summed E-state index contributed by atoms with van der Waals surface area (Å²) in [5, 5.41) is 11.8. The van der Waals surface area contributed by atoms with Crippen molar-refractivity contribution in [3.63, 3.8) is 0 Å². The minimum atomic E-state index is -0.665. The van der Waals surface area contributed by atoms with Gasteiger partial charge in [0.25, 0.3) is 0 Å². The van der Waals surface area contributed by atoms with Crippen LogP contribution in [0.5, 0.6) is 0 Å². The highest BCUT2D eigenvalue weighted by Gasteiger charge is 2.19. The molecule has 0 saturated carbocycles. The maximum atomic E-state index is 11.8. The smallest absolute Gasteiger partial charge is 0.313 e. The van der Waals surface area contributed by atoms with Crippen LogP contribution in [0, 0.1) is 13.8 Å². The Balaban J connectivity index is 2.61. The molecule has 0 spiro atoms. The first-order valence-corrected chi connectivity index (χ1v) is 6.63. The maximum absolute atomic E-state index is 11.8. The van der Waals surface area contributed by atoms with Crippen molar-refractivity contribution in [2.75, 3.05) is 18.9 Å². The fourth-order valence-electron chi connectivity index (χ4n) is 1.66. The summed E-state index contributed by atoms with van der Waals surface area (Å²) in [7, 11) is 1.55. The zero-order valence-electron chi connectivity index (χ0n) is 12.4. The summed E-state index contributed by atoms with van der Waals surface area (Å²) in [6.07, 6.45) is -0.0489. The molecule has 1 unspecified atom stereocenters. The van der Waals surface area contributed by atoms with Gasteiger partial charge in [-0.05, 0) is 50.5 Å². The molecule has 5 nitrogen and oxygen atoms in total. The van der Waals surface area contributed by atoms with Gasteiger partial charge >= 0.3 is 11.8 Å². The fraction of sp³-hybridized carbons (Fsp3) is 0.467. The predicted octanol–water partition coefficient (Wildman–Crippen LogP) is 1.47. The van der Waals surface area contributed by atoms with Crippen LogP contribution in [-0.2, 0) is 9.59 Å². The van der Waals surface area contributed by atoms with Crippen molar-refractivity contribution < 1.29 is 14.7 Å². The molecular formula is C15H22N2O3. The molecule has 0 saturated heterocycles. The highest BCUT2D eigenvalue weighted by atomic mass is 16.3. The van der Waals surface area contributed by atoms with Gasteiger partial charge in [0.1, 0.15) is 0 Å². The molecule has 1 rings (SSSR count). The standard InChI is InChI=1S/C15H22N2O3/c1-10-5-6-13(9-11(10)2)16-14(19)15(20)17(4)8-7-12(3)18/h5-6,9,12,18H,7-8H2,1-4H3,(H,16,19). The van der Waals surface area contributed by atoms with Crippen LogP contribution < -0.4 is 5.32 Å². The van der Waals surface area contributed by atoms with E-state index in [0.29, 0.717) is 18.7 Å². The largest absolute Gasteiger partial charge is 0.393 e. The number of amides is 2. The van der Waals surface area contributed by atoms with Crippen molar-refractivity contribution in [3.8, 4) is 0 Å². The highest BCUT2D eigenvalue weighted by Crippen LogP contribution is 2.14. The summed E-state index contributed by atoms with van der Waals surface area (Å²) in [6.45, 7) is 5.92. The van der Waals surface area contributed by atoms with Crippen molar-refractivity contribution in [1.82, 2.24) is 4.90 Å². The van der Waals surface area contributed by atoms with E-state index in [1.165, 1.54) is 4.90 Å². The number of aliphatic hydroxyl groups excluding tert-OH is 1. The third-order valence-corrected chi connectivity index (χ3v) is 3.19. The monoisotopic (exact) mass is 278 g/mol. The lowest BCUT2D eigenvalue weighted by Crippen LogP contribution is -2.38. The Bertz CT molecular complexity index is 498. The van der Waals surface area contributed by atoms with E-state index < -0.39 is 17.9 Å². The zero-order valence-corrected chi connectivity index (χ0v) is 12.4. The van der Waals surface area contributed by atoms with E-state index in [9.17, 15) is 14.7 Å². The average Bonchev–Trinajstić information content (AvgIpc) is 2.39. The minimum absolute atomic E-state index is 0.344. The third kappa shape index (κ3) is 4.66. The maximum Gasteiger partial charge on any atom is 0.313 e. The SMILES string of the molecule is Cc1ccc(NC(=O)C(=O)N(C)CCC(C)O)cc1C. The summed E-state index contributed by atoms with van der Waals surface area (Å²) in [5.41, 5.74) is 2.79. The van der Waals surface area contributed by atoms with Crippen molar-refractivity contribution >= 4 is 17.5 Å². The van der Waals surface area contributed by atoms with Crippen LogP contribution in [0.4, 0.5) is 5.69 Å². The van der Waals surface area contributed by atoms with Crippen LogP contribution in [0.3, 0.4) is 0 Å². The molecule has 1 aromatic carbocycles. The summed E-state index contributed by atoms with van der Waals surface area (Å²) in [4.78, 5) is 25.0. The van der Waals surface area contributed by atoms with Gasteiger partial charge in [0, 0.05) is 19.3 Å². The molecule has 2 N–H and O–H groups in total. The van der Waals surface area contributed by atoms with Gasteiger partial charge in [0.2, 0.25) is 0 Å². The van der Waals surface area contributed by atoms with Crippen LogP contribution in [-0.4, -0.2) is 41.5 Å². The quantitative estimate of drug-likeness (QED) is 0.819. The summed E-state index contributed by atoms with van der Waals surface area (Å²) >= 11 is 0. The Kier molecular flexibility index (Phi) is 5.70. The van der Waals surface area contributed by atoms with E-state index in [4.69, 9.17) is 0 Å². The van der Waals surface area contributed by atoms with Gasteiger partial charge in [-0.3, -0.25) is 9.59 Å². The molecule has 0 fully saturated rings. The molecule has 5 heteroatoms. The van der Waals surface area contributed by atoms with E-state index in [1.54, 1.807) is 20.0 Å². The third-order valence-electron chi connectivity index (χ3n) is 3.19. The van der Waals surface area contributed by atoms with Crippen LogP contribution >= 0.6 is 0 Å². The molecule has 110 valence electrons. The Morgan fingerprint density at radius 1 is 1.30 bits per heavy atom. The Morgan fingerprint density at radius 3 is 2.50 bits per heavy atom. The molecule has 0 aliphatic rings. The number of hydrogen-bond donors (Lipinski definition) is 2. The Hall–Kier alpha value is -1.88. The number of carbonyl (C=O) groups excluding carboxylic acids is 2. The number of nitrogens with zero attached hydrogens (tertiary/aromatic N) is 1. The second kappa shape index (κ2) is 7.05. The first kappa shape index (κ1) is 16.2. The average molecular weight is 278 g/mol. The molecule has 2 amide bonds. The van der Waals surface area contributed by atoms with Crippen LogP contribution in [0.25, 0.3) is 0 Å². The normalized spacial score (nSPS) is 11.8. The Morgan fingerprint density at radius 2 is 1.95 bits per heavy atom. The lowest BCUT2D eigenvalue weighted by molar-refractivity contribution is -0.142. The first-order chi connectivity index (χ1) is 9.31.